The van der Waals surface area contributed by atoms with E-state index in [1.54, 1.807) is 26.2 Å². The van der Waals surface area contributed by atoms with E-state index in [-0.39, 0.29) is 11.8 Å². The largest absolute Gasteiger partial charge is 0.493 e. The second kappa shape index (κ2) is 11.2. The highest BCUT2D eigenvalue weighted by Gasteiger charge is 2.27. The molecular weight excluding hydrogens is 380 g/mol. The van der Waals surface area contributed by atoms with Crippen molar-refractivity contribution in [3.8, 4) is 11.5 Å². The van der Waals surface area contributed by atoms with Crippen molar-refractivity contribution in [1.82, 2.24) is 10.2 Å². The monoisotopic (exact) mass is 412 g/mol. The fourth-order valence-electron chi connectivity index (χ4n) is 3.41. The Kier molecular flexibility index (Phi) is 8.71. The van der Waals surface area contributed by atoms with Crippen LogP contribution in [0.15, 0.2) is 42.5 Å². The average Bonchev–Trinajstić information content (AvgIpc) is 2.78. The normalized spacial score (nSPS) is 11.5. The van der Waals surface area contributed by atoms with Crippen LogP contribution in [-0.4, -0.2) is 44.0 Å². The van der Waals surface area contributed by atoms with Gasteiger partial charge in [-0.1, -0.05) is 42.8 Å². The number of carbonyl (C=O) groups is 2. The van der Waals surface area contributed by atoms with Crippen LogP contribution in [0, 0.1) is 6.92 Å². The van der Waals surface area contributed by atoms with Gasteiger partial charge in [0.05, 0.1) is 14.2 Å². The number of carbonyl (C=O) groups excluding carboxylic acids is 2. The minimum atomic E-state index is -0.505. The summed E-state index contributed by atoms with van der Waals surface area (Å²) in [6.07, 6.45) is 1.40. The number of amides is 2. The first-order valence-electron chi connectivity index (χ1n) is 10.2. The van der Waals surface area contributed by atoms with Crippen LogP contribution < -0.4 is 14.8 Å². The van der Waals surface area contributed by atoms with E-state index in [4.69, 9.17) is 9.47 Å². The molecule has 0 spiro atoms. The standard InChI is InChI=1S/C24H32N2O4/c1-6-20(24(28)25-3)26(16-19-9-7-17(2)8-10-19)23(27)14-12-18-11-13-21(29-4)22(15-18)30-5/h7-11,13,15,20H,6,12,14,16H2,1-5H3,(H,25,28)/t20-/m0/s1. The third kappa shape index (κ3) is 5.99. The molecule has 0 heterocycles. The Hall–Kier alpha value is -3.02. The van der Waals surface area contributed by atoms with Gasteiger partial charge >= 0.3 is 0 Å². The molecular formula is C24H32N2O4. The molecule has 2 aromatic carbocycles. The molecule has 2 aromatic rings. The maximum Gasteiger partial charge on any atom is 0.242 e. The fourth-order valence-corrected chi connectivity index (χ4v) is 3.41. The molecule has 0 aliphatic carbocycles. The topological polar surface area (TPSA) is 67.9 Å². The third-order valence-corrected chi connectivity index (χ3v) is 5.18. The molecule has 2 rings (SSSR count). The quantitative estimate of drug-likeness (QED) is 0.649. The molecule has 6 nitrogen and oxygen atoms in total. The van der Waals surface area contributed by atoms with Crippen molar-refractivity contribution in [3.63, 3.8) is 0 Å². The van der Waals surface area contributed by atoms with Gasteiger partial charge < -0.3 is 19.7 Å². The number of likely N-dealkylation sites (N-methyl/N-ethyl adjacent to an activating group) is 1. The first-order valence-corrected chi connectivity index (χ1v) is 10.2. The highest BCUT2D eigenvalue weighted by atomic mass is 16.5. The number of methoxy groups -OCH3 is 2. The number of nitrogens with zero attached hydrogens (tertiary/aromatic N) is 1. The van der Waals surface area contributed by atoms with Gasteiger partial charge in [0.2, 0.25) is 11.8 Å². The predicted octanol–water partition coefficient (Wildman–Crippen LogP) is 3.50. The zero-order valence-electron chi connectivity index (χ0n) is 18.5. The van der Waals surface area contributed by atoms with Gasteiger partial charge in [-0.05, 0) is 43.0 Å². The van der Waals surface area contributed by atoms with Crippen LogP contribution in [0.5, 0.6) is 11.5 Å². The van der Waals surface area contributed by atoms with Crippen LogP contribution in [0.1, 0.15) is 36.5 Å². The fraction of sp³-hybridized carbons (Fsp3) is 0.417. The van der Waals surface area contributed by atoms with E-state index < -0.39 is 6.04 Å². The molecule has 2 amide bonds. The Bertz CT molecular complexity index is 849. The summed E-state index contributed by atoms with van der Waals surface area (Å²) in [5.74, 6) is 1.08. The molecule has 0 aromatic heterocycles. The molecule has 0 fully saturated rings. The second-order valence-corrected chi connectivity index (χ2v) is 7.23. The first-order chi connectivity index (χ1) is 14.4. The third-order valence-electron chi connectivity index (χ3n) is 5.18. The Morgan fingerprint density at radius 3 is 2.20 bits per heavy atom. The predicted molar refractivity (Wildman–Crippen MR) is 118 cm³/mol. The van der Waals surface area contributed by atoms with Gasteiger partial charge in [-0.25, -0.2) is 0 Å². The van der Waals surface area contributed by atoms with Crippen LogP contribution in [0.2, 0.25) is 0 Å². The maximum absolute atomic E-state index is 13.2. The lowest BCUT2D eigenvalue weighted by atomic mass is 10.1. The van der Waals surface area contributed by atoms with Crippen molar-refractivity contribution < 1.29 is 19.1 Å². The number of hydrogen-bond donors (Lipinski definition) is 1. The number of aryl methyl sites for hydroxylation is 2. The van der Waals surface area contributed by atoms with Gasteiger partial charge in [-0.15, -0.1) is 0 Å². The SMILES string of the molecule is CC[C@@H](C(=O)NC)N(Cc1ccc(C)cc1)C(=O)CCc1ccc(OC)c(OC)c1. The maximum atomic E-state index is 13.2. The molecule has 1 atom stereocenters. The van der Waals surface area contributed by atoms with Gasteiger partial charge in [0, 0.05) is 20.0 Å². The van der Waals surface area contributed by atoms with Gasteiger partial charge in [-0.2, -0.15) is 0 Å². The molecule has 6 heteroatoms. The smallest absolute Gasteiger partial charge is 0.242 e. The minimum Gasteiger partial charge on any atom is -0.493 e. The van der Waals surface area contributed by atoms with Crippen LogP contribution in [0.4, 0.5) is 0 Å². The van der Waals surface area contributed by atoms with E-state index in [1.807, 2.05) is 56.3 Å². The summed E-state index contributed by atoms with van der Waals surface area (Å²) in [5, 5.41) is 2.68. The second-order valence-electron chi connectivity index (χ2n) is 7.23. The van der Waals surface area contributed by atoms with Crippen molar-refractivity contribution in [1.29, 1.82) is 0 Å². The van der Waals surface area contributed by atoms with E-state index in [9.17, 15) is 9.59 Å². The lowest BCUT2D eigenvalue weighted by Crippen LogP contribution is -2.48. The molecule has 0 saturated heterocycles. The summed E-state index contributed by atoms with van der Waals surface area (Å²) in [7, 11) is 4.78. The number of hydrogen-bond acceptors (Lipinski definition) is 4. The van der Waals surface area contributed by atoms with Crippen molar-refractivity contribution in [2.24, 2.45) is 0 Å². The van der Waals surface area contributed by atoms with Crippen LogP contribution >= 0.6 is 0 Å². The zero-order valence-corrected chi connectivity index (χ0v) is 18.5. The summed E-state index contributed by atoms with van der Waals surface area (Å²) in [5.41, 5.74) is 3.13. The lowest BCUT2D eigenvalue weighted by Gasteiger charge is -2.30. The van der Waals surface area contributed by atoms with Gasteiger partial charge in [0.1, 0.15) is 6.04 Å². The van der Waals surface area contributed by atoms with Crippen molar-refractivity contribution in [3.05, 3.63) is 59.2 Å². The molecule has 0 aliphatic heterocycles. The number of rotatable bonds is 10. The van der Waals surface area contributed by atoms with Crippen molar-refractivity contribution >= 4 is 11.8 Å². The van der Waals surface area contributed by atoms with E-state index in [0.717, 1.165) is 16.7 Å². The van der Waals surface area contributed by atoms with Crippen molar-refractivity contribution in [2.75, 3.05) is 21.3 Å². The molecule has 0 bridgehead atoms. The summed E-state index contributed by atoms with van der Waals surface area (Å²) >= 11 is 0. The summed E-state index contributed by atoms with van der Waals surface area (Å²) < 4.78 is 10.6. The number of benzene rings is 2. The highest BCUT2D eigenvalue weighted by Crippen LogP contribution is 2.28. The Morgan fingerprint density at radius 1 is 1.00 bits per heavy atom. The lowest BCUT2D eigenvalue weighted by molar-refractivity contribution is -0.141. The number of ether oxygens (including phenoxy) is 2. The van der Waals surface area contributed by atoms with Gasteiger partial charge in [0.15, 0.2) is 11.5 Å². The Balaban J connectivity index is 2.19. The molecule has 0 aliphatic rings. The average molecular weight is 413 g/mol. The molecule has 30 heavy (non-hydrogen) atoms. The Morgan fingerprint density at radius 2 is 1.63 bits per heavy atom. The molecule has 0 saturated carbocycles. The van der Waals surface area contributed by atoms with E-state index in [2.05, 4.69) is 5.32 Å². The van der Waals surface area contributed by atoms with Crippen LogP contribution in [-0.2, 0) is 22.6 Å². The summed E-state index contributed by atoms with van der Waals surface area (Å²) in [6.45, 7) is 4.34. The highest BCUT2D eigenvalue weighted by molar-refractivity contribution is 5.87. The van der Waals surface area contributed by atoms with Crippen LogP contribution in [0.3, 0.4) is 0 Å². The Labute approximate surface area is 179 Å². The molecule has 162 valence electrons. The molecule has 0 unspecified atom stereocenters. The zero-order chi connectivity index (χ0) is 22.1. The molecule has 0 radical (unpaired) electrons. The van der Waals surface area contributed by atoms with Crippen LogP contribution in [0.25, 0.3) is 0 Å². The van der Waals surface area contributed by atoms with E-state index in [1.165, 1.54) is 0 Å². The van der Waals surface area contributed by atoms with E-state index >= 15 is 0 Å². The van der Waals surface area contributed by atoms with Gasteiger partial charge in [0.25, 0.3) is 0 Å². The summed E-state index contributed by atoms with van der Waals surface area (Å²) in [6, 6.07) is 13.2. The summed E-state index contributed by atoms with van der Waals surface area (Å²) in [4.78, 5) is 27.3. The van der Waals surface area contributed by atoms with Gasteiger partial charge in [-0.3, -0.25) is 9.59 Å². The van der Waals surface area contributed by atoms with Crippen molar-refractivity contribution in [2.45, 2.75) is 45.7 Å². The molecule has 1 N–H and O–H groups in total. The minimum absolute atomic E-state index is 0.0548. The number of nitrogens with one attached hydrogen (secondary N) is 1. The van der Waals surface area contributed by atoms with E-state index in [0.29, 0.717) is 37.3 Å². The first kappa shape index (κ1) is 23.3.